The van der Waals surface area contributed by atoms with Gasteiger partial charge in [-0.3, -0.25) is 4.79 Å². The summed E-state index contributed by atoms with van der Waals surface area (Å²) < 4.78 is 49.2. The van der Waals surface area contributed by atoms with Gasteiger partial charge in [-0.05, 0) is 12.1 Å². The summed E-state index contributed by atoms with van der Waals surface area (Å²) in [4.78, 5) is 12.3. The molecular weight excluding hydrogens is 347 g/mol. The Balaban J connectivity index is 2.41. The number of amides is 1. The maximum atomic E-state index is 13.0. The van der Waals surface area contributed by atoms with Crippen molar-refractivity contribution in [3.05, 3.63) is 52.5 Å². The summed E-state index contributed by atoms with van der Waals surface area (Å²) in [7, 11) is 2.72. The highest BCUT2D eigenvalue weighted by Gasteiger charge is 2.35. The summed E-state index contributed by atoms with van der Waals surface area (Å²) in [6.45, 7) is 0. The predicted octanol–water partition coefficient (Wildman–Crippen LogP) is 4.63. The van der Waals surface area contributed by atoms with Crippen LogP contribution in [0.2, 0.25) is 5.02 Å². The van der Waals surface area contributed by atoms with E-state index in [0.29, 0.717) is 0 Å². The highest BCUT2D eigenvalue weighted by Crippen LogP contribution is 2.37. The fourth-order valence-electron chi connectivity index (χ4n) is 2.08. The number of nitrogens with one attached hydrogen (secondary N) is 1. The second-order valence-corrected chi connectivity index (χ2v) is 5.09. The number of hydrogen-bond donors (Lipinski definition) is 1. The number of rotatable bonds is 4. The number of hydrogen-bond acceptors (Lipinski definition) is 3. The molecular formula is C16H13ClF3NO3. The summed E-state index contributed by atoms with van der Waals surface area (Å²) in [5.74, 6) is -0.485. The van der Waals surface area contributed by atoms with Crippen molar-refractivity contribution in [2.75, 3.05) is 19.5 Å². The number of halogens is 4. The number of methoxy groups -OCH3 is 2. The Hall–Kier alpha value is -2.41. The molecule has 2 aromatic rings. The number of ether oxygens (including phenoxy) is 2. The van der Waals surface area contributed by atoms with Gasteiger partial charge in [0.05, 0.1) is 36.1 Å². The third-order valence-corrected chi connectivity index (χ3v) is 3.49. The lowest BCUT2D eigenvalue weighted by Gasteiger charge is -2.15. The quantitative estimate of drug-likeness (QED) is 0.866. The Bertz CT molecular complexity index is 763. The molecule has 0 fully saturated rings. The van der Waals surface area contributed by atoms with Crippen LogP contribution in [0.25, 0.3) is 0 Å². The van der Waals surface area contributed by atoms with E-state index in [1.165, 1.54) is 38.5 Å². The molecule has 2 aromatic carbocycles. The summed E-state index contributed by atoms with van der Waals surface area (Å²) in [6.07, 6.45) is -4.64. The van der Waals surface area contributed by atoms with E-state index in [1.54, 1.807) is 0 Å². The molecule has 128 valence electrons. The molecule has 0 aliphatic heterocycles. The van der Waals surface area contributed by atoms with Gasteiger partial charge in [-0.15, -0.1) is 0 Å². The summed E-state index contributed by atoms with van der Waals surface area (Å²) in [5, 5.41) is 2.63. The number of carbonyl (C=O) groups excluding carboxylic acids is 1. The molecule has 0 saturated carbocycles. The van der Waals surface area contributed by atoms with Gasteiger partial charge in [-0.1, -0.05) is 23.7 Å². The van der Waals surface area contributed by atoms with Crippen LogP contribution in [0, 0.1) is 0 Å². The van der Waals surface area contributed by atoms with Gasteiger partial charge in [0.15, 0.2) is 0 Å². The van der Waals surface area contributed by atoms with E-state index in [0.717, 1.165) is 12.1 Å². The molecule has 0 radical (unpaired) electrons. The monoisotopic (exact) mass is 359 g/mol. The van der Waals surface area contributed by atoms with Crippen LogP contribution in [-0.2, 0) is 6.18 Å². The Labute approximate surface area is 141 Å². The van der Waals surface area contributed by atoms with Crippen LogP contribution in [0.5, 0.6) is 11.5 Å². The molecule has 0 aliphatic carbocycles. The molecule has 1 amide bonds. The highest BCUT2D eigenvalue weighted by atomic mass is 35.5. The van der Waals surface area contributed by atoms with E-state index in [2.05, 4.69) is 5.32 Å². The van der Waals surface area contributed by atoms with Crippen molar-refractivity contribution in [2.45, 2.75) is 6.18 Å². The molecule has 0 aliphatic rings. The minimum Gasteiger partial charge on any atom is -0.495 e. The SMILES string of the molecule is COc1cc(NC(=O)c2ccccc2C(F)(F)F)c(OC)cc1Cl. The first-order chi connectivity index (χ1) is 11.3. The van der Waals surface area contributed by atoms with Gasteiger partial charge in [0, 0.05) is 12.1 Å². The van der Waals surface area contributed by atoms with E-state index < -0.39 is 23.2 Å². The number of anilines is 1. The van der Waals surface area contributed by atoms with E-state index in [1.807, 2.05) is 0 Å². The lowest BCUT2D eigenvalue weighted by atomic mass is 10.1. The molecule has 0 heterocycles. The van der Waals surface area contributed by atoms with Gasteiger partial charge >= 0.3 is 6.18 Å². The highest BCUT2D eigenvalue weighted by molar-refractivity contribution is 6.32. The zero-order valence-corrected chi connectivity index (χ0v) is 13.5. The fraction of sp³-hybridized carbons (Fsp3) is 0.188. The molecule has 1 N–H and O–H groups in total. The minimum atomic E-state index is -4.64. The second-order valence-electron chi connectivity index (χ2n) is 4.68. The van der Waals surface area contributed by atoms with Crippen molar-refractivity contribution in [3.63, 3.8) is 0 Å². The van der Waals surface area contributed by atoms with Gasteiger partial charge in [-0.2, -0.15) is 13.2 Å². The molecule has 0 bridgehead atoms. The van der Waals surface area contributed by atoms with Crippen molar-refractivity contribution in [1.29, 1.82) is 0 Å². The zero-order chi connectivity index (χ0) is 17.9. The minimum absolute atomic E-state index is 0.140. The van der Waals surface area contributed by atoms with E-state index in [-0.39, 0.29) is 22.2 Å². The average molecular weight is 360 g/mol. The van der Waals surface area contributed by atoms with Gasteiger partial charge < -0.3 is 14.8 Å². The van der Waals surface area contributed by atoms with Gasteiger partial charge in [0.25, 0.3) is 5.91 Å². The van der Waals surface area contributed by atoms with E-state index in [4.69, 9.17) is 21.1 Å². The molecule has 0 aromatic heterocycles. The molecule has 2 rings (SSSR count). The summed E-state index contributed by atoms with van der Waals surface area (Å²) in [5.41, 5.74) is -1.39. The standard InChI is InChI=1S/C16H13ClF3NO3/c1-23-13-8-12(14(24-2)7-11(13)17)21-15(22)9-5-3-4-6-10(9)16(18,19)20/h3-8H,1-2H3,(H,21,22). The zero-order valence-electron chi connectivity index (χ0n) is 12.7. The van der Waals surface area contributed by atoms with Crippen LogP contribution >= 0.6 is 11.6 Å². The van der Waals surface area contributed by atoms with Crippen molar-refractivity contribution >= 4 is 23.2 Å². The van der Waals surface area contributed by atoms with Crippen LogP contribution in [-0.4, -0.2) is 20.1 Å². The van der Waals surface area contributed by atoms with Crippen LogP contribution < -0.4 is 14.8 Å². The molecule has 0 saturated heterocycles. The third-order valence-electron chi connectivity index (χ3n) is 3.20. The van der Waals surface area contributed by atoms with Gasteiger partial charge in [0.2, 0.25) is 0 Å². The average Bonchev–Trinajstić information content (AvgIpc) is 2.55. The first-order valence-corrected chi connectivity index (χ1v) is 7.04. The summed E-state index contributed by atoms with van der Waals surface area (Å²) in [6, 6.07) is 7.27. The van der Waals surface area contributed by atoms with Crippen molar-refractivity contribution in [2.24, 2.45) is 0 Å². The first kappa shape index (κ1) is 17.9. The Morgan fingerprint density at radius 3 is 2.29 bits per heavy atom. The molecule has 4 nitrogen and oxygen atoms in total. The van der Waals surface area contributed by atoms with Crippen molar-refractivity contribution in [1.82, 2.24) is 0 Å². The third kappa shape index (κ3) is 3.73. The number of carbonyl (C=O) groups is 1. The Morgan fingerprint density at radius 2 is 1.71 bits per heavy atom. The van der Waals surface area contributed by atoms with Crippen molar-refractivity contribution < 1.29 is 27.4 Å². The smallest absolute Gasteiger partial charge is 0.417 e. The number of alkyl halides is 3. The second kappa shape index (κ2) is 7.00. The van der Waals surface area contributed by atoms with Crippen LogP contribution in [0.4, 0.5) is 18.9 Å². The number of benzene rings is 2. The molecule has 0 spiro atoms. The maximum Gasteiger partial charge on any atom is 0.417 e. The van der Waals surface area contributed by atoms with Crippen LogP contribution in [0.15, 0.2) is 36.4 Å². The Morgan fingerprint density at radius 1 is 1.08 bits per heavy atom. The topological polar surface area (TPSA) is 47.6 Å². The van der Waals surface area contributed by atoms with Crippen LogP contribution in [0.3, 0.4) is 0 Å². The predicted molar refractivity (Wildman–Crippen MR) is 84.0 cm³/mol. The maximum absolute atomic E-state index is 13.0. The molecule has 24 heavy (non-hydrogen) atoms. The van der Waals surface area contributed by atoms with Crippen LogP contribution in [0.1, 0.15) is 15.9 Å². The lowest BCUT2D eigenvalue weighted by Crippen LogP contribution is -2.19. The fourth-order valence-corrected chi connectivity index (χ4v) is 2.31. The van der Waals surface area contributed by atoms with Gasteiger partial charge in [0.1, 0.15) is 11.5 Å². The Kier molecular flexibility index (Phi) is 5.23. The van der Waals surface area contributed by atoms with E-state index in [9.17, 15) is 18.0 Å². The normalized spacial score (nSPS) is 11.1. The van der Waals surface area contributed by atoms with Crippen molar-refractivity contribution in [3.8, 4) is 11.5 Å². The lowest BCUT2D eigenvalue weighted by molar-refractivity contribution is -0.137. The first-order valence-electron chi connectivity index (χ1n) is 6.67. The largest absolute Gasteiger partial charge is 0.495 e. The van der Waals surface area contributed by atoms with Gasteiger partial charge in [-0.25, -0.2) is 0 Å². The summed E-state index contributed by atoms with van der Waals surface area (Å²) >= 11 is 5.95. The molecule has 0 atom stereocenters. The van der Waals surface area contributed by atoms with E-state index >= 15 is 0 Å². The molecule has 0 unspecified atom stereocenters. The molecule has 8 heteroatoms.